The Morgan fingerprint density at radius 1 is 1.64 bits per heavy atom. The van der Waals surface area contributed by atoms with Crippen molar-refractivity contribution in [3.8, 4) is 0 Å². The first-order valence-electron chi connectivity index (χ1n) is 4.19. The van der Waals surface area contributed by atoms with Crippen molar-refractivity contribution < 1.29 is 9.63 Å². The molecule has 76 valence electrons. The number of carbonyl (C=O) groups is 1. The smallest absolute Gasteiger partial charge is 0.342 e. The molecule has 0 radical (unpaired) electrons. The van der Waals surface area contributed by atoms with Crippen molar-refractivity contribution in [1.29, 1.82) is 0 Å². The molecule has 1 heterocycles. The number of anilines is 1. The van der Waals surface area contributed by atoms with Crippen molar-refractivity contribution in [2.45, 2.75) is 0 Å². The molecule has 0 aliphatic carbocycles. The van der Waals surface area contributed by atoms with E-state index in [-0.39, 0.29) is 12.5 Å². The highest BCUT2D eigenvalue weighted by Crippen LogP contribution is 2.01. The molecule has 5 heteroatoms. The van der Waals surface area contributed by atoms with E-state index in [0.29, 0.717) is 5.69 Å². The van der Waals surface area contributed by atoms with E-state index in [4.69, 9.17) is 4.84 Å². The highest BCUT2D eigenvalue weighted by atomic mass is 16.7. The van der Waals surface area contributed by atoms with Crippen LogP contribution in [0.25, 0.3) is 0 Å². The van der Waals surface area contributed by atoms with E-state index in [1.165, 1.54) is 0 Å². The largest absolute Gasteiger partial charge is 0.345 e. The van der Waals surface area contributed by atoms with E-state index in [0.717, 1.165) is 0 Å². The predicted octanol–water partition coefficient (Wildman–Crippen LogP) is 0.513. The third-order valence-electron chi connectivity index (χ3n) is 1.39. The molecule has 0 amide bonds. The van der Waals surface area contributed by atoms with E-state index in [9.17, 15) is 4.79 Å². The SMILES string of the molecule is CN(C)CC(=O)ONc1cccnc1. The van der Waals surface area contributed by atoms with E-state index in [1.807, 2.05) is 0 Å². The monoisotopic (exact) mass is 195 g/mol. The van der Waals surface area contributed by atoms with Gasteiger partial charge in [0.2, 0.25) is 0 Å². The average molecular weight is 195 g/mol. The molecule has 0 saturated heterocycles. The number of hydrogen-bond donors (Lipinski definition) is 1. The van der Waals surface area contributed by atoms with Gasteiger partial charge in [-0.2, -0.15) is 0 Å². The Morgan fingerprint density at radius 3 is 3.00 bits per heavy atom. The molecule has 0 aromatic carbocycles. The summed E-state index contributed by atoms with van der Waals surface area (Å²) in [7, 11) is 3.59. The van der Waals surface area contributed by atoms with Gasteiger partial charge in [0.15, 0.2) is 0 Å². The minimum atomic E-state index is -0.334. The second-order valence-electron chi connectivity index (χ2n) is 3.06. The summed E-state index contributed by atoms with van der Waals surface area (Å²) >= 11 is 0. The van der Waals surface area contributed by atoms with Crippen LogP contribution in [0.2, 0.25) is 0 Å². The van der Waals surface area contributed by atoms with Crippen LogP contribution in [-0.2, 0) is 9.63 Å². The number of aromatic nitrogens is 1. The summed E-state index contributed by atoms with van der Waals surface area (Å²) in [6.07, 6.45) is 3.22. The fraction of sp³-hybridized carbons (Fsp3) is 0.333. The topological polar surface area (TPSA) is 54.5 Å². The van der Waals surface area contributed by atoms with Gasteiger partial charge in [-0.25, -0.2) is 10.3 Å². The quantitative estimate of drug-likeness (QED) is 0.709. The Hall–Kier alpha value is -1.62. The molecule has 14 heavy (non-hydrogen) atoms. The van der Waals surface area contributed by atoms with Crippen molar-refractivity contribution in [2.24, 2.45) is 0 Å². The minimum Gasteiger partial charge on any atom is -0.342 e. The normalized spacial score (nSPS) is 9.93. The summed E-state index contributed by atoms with van der Waals surface area (Å²) in [5.41, 5.74) is 3.16. The van der Waals surface area contributed by atoms with Crippen LogP contribution in [0.5, 0.6) is 0 Å². The maximum atomic E-state index is 11.1. The molecule has 0 spiro atoms. The van der Waals surface area contributed by atoms with Crippen LogP contribution in [0.15, 0.2) is 24.5 Å². The first-order chi connectivity index (χ1) is 6.68. The van der Waals surface area contributed by atoms with Gasteiger partial charge in [-0.15, -0.1) is 0 Å². The number of carbonyl (C=O) groups excluding carboxylic acids is 1. The van der Waals surface area contributed by atoms with Crippen molar-refractivity contribution in [3.63, 3.8) is 0 Å². The zero-order valence-corrected chi connectivity index (χ0v) is 8.23. The van der Waals surface area contributed by atoms with E-state index in [1.54, 1.807) is 43.5 Å². The summed E-state index contributed by atoms with van der Waals surface area (Å²) in [4.78, 5) is 21.4. The van der Waals surface area contributed by atoms with Gasteiger partial charge in [-0.3, -0.25) is 9.88 Å². The number of likely N-dealkylation sites (N-methyl/N-ethyl adjacent to an activating group) is 1. The Balaban J connectivity index is 2.31. The summed E-state index contributed by atoms with van der Waals surface area (Å²) < 4.78 is 0. The highest BCUT2D eigenvalue weighted by Gasteiger charge is 2.03. The lowest BCUT2D eigenvalue weighted by Crippen LogP contribution is -2.25. The van der Waals surface area contributed by atoms with Gasteiger partial charge in [0.1, 0.15) is 0 Å². The van der Waals surface area contributed by atoms with Gasteiger partial charge in [-0.1, -0.05) is 0 Å². The third kappa shape index (κ3) is 3.86. The number of nitrogens with zero attached hydrogens (tertiary/aromatic N) is 2. The molecule has 0 saturated carbocycles. The number of pyridine rings is 1. The van der Waals surface area contributed by atoms with Crippen LogP contribution < -0.4 is 5.48 Å². The lowest BCUT2D eigenvalue weighted by atomic mass is 10.4. The molecule has 0 aliphatic heterocycles. The van der Waals surface area contributed by atoms with Crippen molar-refractivity contribution >= 4 is 11.7 Å². The third-order valence-corrected chi connectivity index (χ3v) is 1.39. The molecule has 0 fully saturated rings. The van der Waals surface area contributed by atoms with Gasteiger partial charge in [-0.05, 0) is 26.2 Å². The van der Waals surface area contributed by atoms with Crippen LogP contribution in [0.1, 0.15) is 0 Å². The number of rotatable bonds is 4. The predicted molar refractivity (Wildman–Crippen MR) is 52.5 cm³/mol. The van der Waals surface area contributed by atoms with Gasteiger partial charge in [0.05, 0.1) is 18.4 Å². The van der Waals surface area contributed by atoms with E-state index >= 15 is 0 Å². The summed E-state index contributed by atoms with van der Waals surface area (Å²) in [5, 5.41) is 0. The van der Waals surface area contributed by atoms with Crippen LogP contribution in [0.3, 0.4) is 0 Å². The Morgan fingerprint density at radius 2 is 2.43 bits per heavy atom. The maximum Gasteiger partial charge on any atom is 0.345 e. The van der Waals surface area contributed by atoms with Crippen molar-refractivity contribution in [3.05, 3.63) is 24.5 Å². The highest BCUT2D eigenvalue weighted by molar-refractivity contribution is 5.72. The number of hydrogen-bond acceptors (Lipinski definition) is 5. The summed E-state index contributed by atoms with van der Waals surface area (Å²) in [6.45, 7) is 0.243. The Kier molecular flexibility index (Phi) is 3.87. The first kappa shape index (κ1) is 10.5. The zero-order chi connectivity index (χ0) is 10.4. The lowest BCUT2D eigenvalue weighted by Gasteiger charge is -2.09. The van der Waals surface area contributed by atoms with Gasteiger partial charge < -0.3 is 4.84 Å². The zero-order valence-electron chi connectivity index (χ0n) is 8.23. The molecule has 0 unspecified atom stereocenters. The molecule has 5 nitrogen and oxygen atoms in total. The molecule has 1 rings (SSSR count). The number of nitrogens with one attached hydrogen (secondary N) is 1. The Labute approximate surface area is 82.6 Å². The maximum absolute atomic E-state index is 11.1. The minimum absolute atomic E-state index is 0.243. The molecule has 0 bridgehead atoms. The molecule has 1 aromatic heterocycles. The fourth-order valence-electron chi connectivity index (χ4n) is 0.829. The van der Waals surface area contributed by atoms with E-state index in [2.05, 4.69) is 10.5 Å². The first-order valence-corrected chi connectivity index (χ1v) is 4.19. The van der Waals surface area contributed by atoms with Crippen LogP contribution in [0.4, 0.5) is 5.69 Å². The second kappa shape index (κ2) is 5.18. The molecular weight excluding hydrogens is 182 g/mol. The van der Waals surface area contributed by atoms with Gasteiger partial charge in [0.25, 0.3) is 0 Å². The van der Waals surface area contributed by atoms with E-state index < -0.39 is 0 Å². The van der Waals surface area contributed by atoms with Crippen LogP contribution in [-0.4, -0.2) is 36.5 Å². The molecular formula is C9H13N3O2. The summed E-state index contributed by atoms with van der Waals surface area (Å²) in [6, 6.07) is 3.51. The summed E-state index contributed by atoms with van der Waals surface area (Å²) in [5.74, 6) is -0.334. The average Bonchev–Trinajstić information content (AvgIpc) is 2.15. The van der Waals surface area contributed by atoms with Crippen molar-refractivity contribution in [1.82, 2.24) is 9.88 Å². The lowest BCUT2D eigenvalue weighted by molar-refractivity contribution is -0.141. The van der Waals surface area contributed by atoms with Crippen molar-refractivity contribution in [2.75, 3.05) is 26.1 Å². The molecule has 1 aromatic rings. The molecule has 1 N–H and O–H groups in total. The van der Waals surface area contributed by atoms with Gasteiger partial charge in [0, 0.05) is 6.20 Å². The van der Waals surface area contributed by atoms with Crippen LogP contribution >= 0.6 is 0 Å². The molecule has 0 atom stereocenters. The fourth-order valence-corrected chi connectivity index (χ4v) is 0.829. The second-order valence-corrected chi connectivity index (χ2v) is 3.06. The Bertz CT molecular complexity index is 287. The molecule has 0 aliphatic rings. The standard InChI is InChI=1S/C9H13N3O2/c1-12(2)7-9(13)14-11-8-4-3-5-10-6-8/h3-6,11H,7H2,1-2H3. The van der Waals surface area contributed by atoms with Crippen LogP contribution in [0, 0.1) is 0 Å². The van der Waals surface area contributed by atoms with Gasteiger partial charge >= 0.3 is 5.97 Å².